The quantitative estimate of drug-likeness (QED) is 0.567. The Kier molecular flexibility index (Phi) is 6.08. The fourth-order valence-corrected chi connectivity index (χ4v) is 3.55. The molecule has 0 saturated carbocycles. The molecule has 1 heterocycles. The van der Waals surface area contributed by atoms with E-state index >= 15 is 0 Å². The number of rotatable bonds is 5. The molecule has 0 bridgehead atoms. The molecule has 0 aliphatic heterocycles. The number of H-pyrrole nitrogens is 1. The van der Waals surface area contributed by atoms with E-state index in [0.717, 1.165) is 5.56 Å². The van der Waals surface area contributed by atoms with Crippen LogP contribution in [0.4, 0.5) is 0 Å². The van der Waals surface area contributed by atoms with Gasteiger partial charge in [-0.3, -0.25) is 4.79 Å². The van der Waals surface area contributed by atoms with Crippen molar-refractivity contribution < 1.29 is 9.47 Å². The van der Waals surface area contributed by atoms with Crippen LogP contribution in [0.1, 0.15) is 16.8 Å². The molecule has 3 rings (SSSR count). The number of nitriles is 1. The van der Waals surface area contributed by atoms with Crippen LogP contribution in [-0.2, 0) is 6.61 Å². The van der Waals surface area contributed by atoms with Crippen molar-refractivity contribution in [2.24, 2.45) is 0 Å². The first-order valence-electron chi connectivity index (χ1n) is 8.32. The summed E-state index contributed by atoms with van der Waals surface area (Å²) in [6.07, 6.45) is 0. The van der Waals surface area contributed by atoms with E-state index in [1.807, 2.05) is 24.3 Å². The van der Waals surface area contributed by atoms with Crippen LogP contribution < -0.4 is 15.0 Å². The van der Waals surface area contributed by atoms with Crippen LogP contribution >= 0.6 is 27.5 Å². The van der Waals surface area contributed by atoms with Gasteiger partial charge in [-0.25, -0.2) is 0 Å². The number of aryl methyl sites for hydroxylation is 1. The first-order valence-corrected chi connectivity index (χ1v) is 9.49. The van der Waals surface area contributed by atoms with Crippen molar-refractivity contribution in [3.05, 3.63) is 79.1 Å². The number of aromatic nitrogens is 1. The molecule has 5 nitrogen and oxygen atoms in total. The average Bonchev–Trinajstić information content (AvgIpc) is 2.67. The standard InChI is InChI=1S/C21H16BrClN2O3/c1-12-7-15(16(10-24)21(26)25-12)14-8-17(22)20(19(9-14)27-2)28-11-13-5-3-4-6-18(13)23/h3-9H,11H2,1-2H3,(H,25,26). The molecular formula is C21H16BrClN2O3. The molecule has 0 aliphatic rings. The Morgan fingerprint density at radius 3 is 2.68 bits per heavy atom. The summed E-state index contributed by atoms with van der Waals surface area (Å²) < 4.78 is 12.1. The van der Waals surface area contributed by atoms with Crippen molar-refractivity contribution in [3.8, 4) is 28.7 Å². The monoisotopic (exact) mass is 458 g/mol. The van der Waals surface area contributed by atoms with E-state index in [4.69, 9.17) is 21.1 Å². The van der Waals surface area contributed by atoms with Crippen LogP contribution in [0.3, 0.4) is 0 Å². The predicted octanol–water partition coefficient (Wildman–Crippen LogP) is 5.23. The van der Waals surface area contributed by atoms with Gasteiger partial charge in [-0.2, -0.15) is 5.26 Å². The van der Waals surface area contributed by atoms with Crippen molar-refractivity contribution in [3.63, 3.8) is 0 Å². The molecule has 0 amide bonds. The topological polar surface area (TPSA) is 75.1 Å². The molecule has 142 valence electrons. The summed E-state index contributed by atoms with van der Waals surface area (Å²) in [7, 11) is 1.53. The molecular weight excluding hydrogens is 444 g/mol. The number of ether oxygens (including phenoxy) is 2. The van der Waals surface area contributed by atoms with Gasteiger partial charge in [0.15, 0.2) is 11.5 Å². The van der Waals surface area contributed by atoms with Gasteiger partial charge >= 0.3 is 0 Å². The third-order valence-corrected chi connectivity index (χ3v) is 5.11. The van der Waals surface area contributed by atoms with E-state index in [9.17, 15) is 10.1 Å². The Bertz CT molecular complexity index is 1140. The number of nitrogens with one attached hydrogen (secondary N) is 1. The average molecular weight is 460 g/mol. The van der Waals surface area contributed by atoms with Gasteiger partial charge in [-0.1, -0.05) is 29.8 Å². The highest BCUT2D eigenvalue weighted by Gasteiger charge is 2.17. The fourth-order valence-electron chi connectivity index (χ4n) is 2.81. The van der Waals surface area contributed by atoms with Gasteiger partial charge in [0.05, 0.1) is 11.6 Å². The number of hydrogen-bond acceptors (Lipinski definition) is 4. The normalized spacial score (nSPS) is 10.4. The minimum Gasteiger partial charge on any atom is -0.493 e. The van der Waals surface area contributed by atoms with Crippen molar-refractivity contribution in [1.29, 1.82) is 5.26 Å². The molecule has 7 heteroatoms. The summed E-state index contributed by atoms with van der Waals surface area (Å²) in [5.41, 5.74) is 2.32. The Balaban J connectivity index is 2.03. The molecule has 0 aliphatic carbocycles. The number of hydrogen-bond donors (Lipinski definition) is 1. The van der Waals surface area contributed by atoms with Crippen molar-refractivity contribution in [2.75, 3.05) is 7.11 Å². The zero-order valence-electron chi connectivity index (χ0n) is 15.2. The predicted molar refractivity (Wildman–Crippen MR) is 112 cm³/mol. The van der Waals surface area contributed by atoms with Crippen LogP contribution in [-0.4, -0.2) is 12.1 Å². The van der Waals surface area contributed by atoms with E-state index in [2.05, 4.69) is 20.9 Å². The lowest BCUT2D eigenvalue weighted by Gasteiger charge is -2.15. The Morgan fingerprint density at radius 1 is 1.25 bits per heavy atom. The molecule has 2 aromatic carbocycles. The van der Waals surface area contributed by atoms with E-state index < -0.39 is 5.56 Å². The van der Waals surface area contributed by atoms with E-state index in [0.29, 0.717) is 37.8 Å². The summed E-state index contributed by atoms with van der Waals surface area (Å²) >= 11 is 9.69. The Labute approximate surface area is 175 Å². The third-order valence-electron chi connectivity index (χ3n) is 4.15. The van der Waals surface area contributed by atoms with Gasteiger partial charge in [0.1, 0.15) is 18.2 Å². The summed E-state index contributed by atoms with van der Waals surface area (Å²) in [4.78, 5) is 14.7. The Morgan fingerprint density at radius 2 is 2.00 bits per heavy atom. The molecule has 0 radical (unpaired) electrons. The van der Waals surface area contributed by atoms with Gasteiger partial charge in [-0.05, 0) is 52.7 Å². The zero-order valence-corrected chi connectivity index (χ0v) is 17.5. The lowest BCUT2D eigenvalue weighted by atomic mass is 10.0. The number of halogens is 2. The molecule has 1 aromatic heterocycles. The fraction of sp³-hybridized carbons (Fsp3) is 0.143. The minimum absolute atomic E-state index is 0.0456. The molecule has 3 aromatic rings. The molecule has 1 N–H and O–H groups in total. The second-order valence-electron chi connectivity index (χ2n) is 6.05. The number of pyridine rings is 1. The van der Waals surface area contributed by atoms with Crippen LogP contribution in [0.15, 0.2) is 51.7 Å². The van der Waals surface area contributed by atoms with E-state index in [1.54, 1.807) is 31.2 Å². The van der Waals surface area contributed by atoms with Crippen LogP contribution in [0.2, 0.25) is 5.02 Å². The Hall–Kier alpha value is -2.75. The first kappa shape index (κ1) is 20.0. The number of benzene rings is 2. The first-order chi connectivity index (χ1) is 13.4. The molecule has 28 heavy (non-hydrogen) atoms. The minimum atomic E-state index is -0.424. The maximum atomic E-state index is 12.1. The zero-order chi connectivity index (χ0) is 20.3. The lowest BCUT2D eigenvalue weighted by Crippen LogP contribution is -2.12. The molecule has 0 spiro atoms. The van der Waals surface area contributed by atoms with Gasteiger partial charge < -0.3 is 14.5 Å². The van der Waals surface area contributed by atoms with Crippen molar-refractivity contribution in [2.45, 2.75) is 13.5 Å². The molecule has 0 atom stereocenters. The second-order valence-corrected chi connectivity index (χ2v) is 7.31. The van der Waals surface area contributed by atoms with Gasteiger partial charge in [0, 0.05) is 21.8 Å². The SMILES string of the molecule is COc1cc(-c2cc(C)[nH]c(=O)c2C#N)cc(Br)c1OCc1ccccc1Cl. The molecule has 0 unspecified atom stereocenters. The van der Waals surface area contributed by atoms with Crippen molar-refractivity contribution in [1.82, 2.24) is 4.98 Å². The molecule has 0 fully saturated rings. The van der Waals surface area contributed by atoms with Crippen LogP contribution in [0, 0.1) is 18.3 Å². The highest BCUT2D eigenvalue weighted by Crippen LogP contribution is 2.40. The number of aromatic amines is 1. The maximum Gasteiger partial charge on any atom is 0.266 e. The highest BCUT2D eigenvalue weighted by molar-refractivity contribution is 9.10. The number of methoxy groups -OCH3 is 1. The third kappa shape index (κ3) is 4.06. The summed E-state index contributed by atoms with van der Waals surface area (Å²) in [6, 6.07) is 14.7. The largest absolute Gasteiger partial charge is 0.493 e. The maximum absolute atomic E-state index is 12.1. The van der Waals surface area contributed by atoms with Gasteiger partial charge in [-0.15, -0.1) is 0 Å². The van der Waals surface area contributed by atoms with Crippen LogP contribution in [0.5, 0.6) is 11.5 Å². The second kappa shape index (κ2) is 8.51. The van der Waals surface area contributed by atoms with E-state index in [1.165, 1.54) is 7.11 Å². The lowest BCUT2D eigenvalue weighted by molar-refractivity contribution is 0.283. The smallest absolute Gasteiger partial charge is 0.266 e. The summed E-state index contributed by atoms with van der Waals surface area (Å²) in [5.74, 6) is 0.976. The van der Waals surface area contributed by atoms with Crippen molar-refractivity contribution >= 4 is 27.5 Å². The van der Waals surface area contributed by atoms with Crippen LogP contribution in [0.25, 0.3) is 11.1 Å². The van der Waals surface area contributed by atoms with Gasteiger partial charge in [0.25, 0.3) is 5.56 Å². The van der Waals surface area contributed by atoms with E-state index in [-0.39, 0.29) is 12.2 Å². The molecule has 0 saturated heterocycles. The summed E-state index contributed by atoms with van der Waals surface area (Å²) in [6.45, 7) is 2.03. The van der Waals surface area contributed by atoms with Gasteiger partial charge in [0.2, 0.25) is 0 Å². The number of nitrogens with zero attached hydrogens (tertiary/aromatic N) is 1. The highest BCUT2D eigenvalue weighted by atomic mass is 79.9. The summed E-state index contributed by atoms with van der Waals surface area (Å²) in [5, 5.41) is 10.0.